The third kappa shape index (κ3) is 1.66. The highest BCUT2D eigenvalue weighted by Crippen LogP contribution is 2.24. The Morgan fingerprint density at radius 1 is 1.33 bits per heavy atom. The molecular formula is C12H12N6. The molecule has 18 heavy (non-hydrogen) atoms. The maximum Gasteiger partial charge on any atom is 0.152 e. The minimum absolute atomic E-state index is 0.513. The predicted octanol–water partition coefficient (Wildman–Crippen LogP) is 0.752. The number of nitriles is 1. The highest BCUT2D eigenvalue weighted by atomic mass is 15.3. The van der Waals surface area contributed by atoms with Gasteiger partial charge in [0.1, 0.15) is 12.4 Å². The molecule has 1 aromatic heterocycles. The largest absolute Gasteiger partial charge is 0.398 e. The fourth-order valence-electron chi connectivity index (χ4n) is 2.14. The van der Waals surface area contributed by atoms with Crippen molar-refractivity contribution in [3.63, 3.8) is 0 Å². The second-order valence-electron chi connectivity index (χ2n) is 4.25. The van der Waals surface area contributed by atoms with Gasteiger partial charge in [0.05, 0.1) is 17.8 Å². The summed E-state index contributed by atoms with van der Waals surface area (Å²) in [7, 11) is 0. The molecule has 3 rings (SSSR count). The molecule has 2 heterocycles. The molecule has 0 saturated carbocycles. The third-order valence-corrected chi connectivity index (χ3v) is 3.16. The lowest BCUT2D eigenvalue weighted by atomic mass is 10.1. The Labute approximate surface area is 104 Å². The molecule has 0 atom stereocenters. The molecule has 0 saturated heterocycles. The van der Waals surface area contributed by atoms with Gasteiger partial charge in [0.15, 0.2) is 5.82 Å². The van der Waals surface area contributed by atoms with Gasteiger partial charge in [0.25, 0.3) is 0 Å². The second-order valence-corrected chi connectivity index (χ2v) is 4.25. The summed E-state index contributed by atoms with van der Waals surface area (Å²) in [5, 5.41) is 16.8. The molecule has 1 aliphatic heterocycles. The first-order valence-electron chi connectivity index (χ1n) is 5.69. The van der Waals surface area contributed by atoms with Crippen molar-refractivity contribution in [2.24, 2.45) is 0 Å². The molecular weight excluding hydrogens is 228 g/mol. The molecule has 0 aliphatic carbocycles. The molecule has 1 aliphatic rings. The first-order chi connectivity index (χ1) is 8.78. The van der Waals surface area contributed by atoms with Crippen LogP contribution in [0.3, 0.4) is 0 Å². The maximum atomic E-state index is 8.86. The van der Waals surface area contributed by atoms with Crippen LogP contribution in [0.15, 0.2) is 24.5 Å². The molecule has 0 unspecified atom stereocenters. The lowest BCUT2D eigenvalue weighted by Crippen LogP contribution is -2.33. The highest BCUT2D eigenvalue weighted by Gasteiger charge is 2.18. The number of aromatic nitrogens is 3. The van der Waals surface area contributed by atoms with Crippen molar-refractivity contribution in [1.82, 2.24) is 14.8 Å². The van der Waals surface area contributed by atoms with Crippen molar-refractivity contribution in [3.8, 4) is 6.07 Å². The van der Waals surface area contributed by atoms with Crippen LogP contribution in [0.5, 0.6) is 0 Å². The molecule has 90 valence electrons. The molecule has 1 aromatic carbocycles. The molecule has 6 heteroatoms. The van der Waals surface area contributed by atoms with Crippen molar-refractivity contribution in [2.45, 2.75) is 13.1 Å². The fourth-order valence-corrected chi connectivity index (χ4v) is 2.14. The Morgan fingerprint density at radius 3 is 3.00 bits per heavy atom. The second kappa shape index (κ2) is 4.04. The number of benzene rings is 1. The Bertz CT molecular complexity index is 624. The fraction of sp³-hybridized carbons (Fsp3) is 0.250. The van der Waals surface area contributed by atoms with Gasteiger partial charge in [-0.25, -0.2) is 0 Å². The normalized spacial score (nSPS) is 14.1. The van der Waals surface area contributed by atoms with Crippen LogP contribution < -0.4 is 10.6 Å². The summed E-state index contributed by atoms with van der Waals surface area (Å²) in [6.07, 6.45) is 1.75. The number of nitrogens with two attached hydrogens (primary N) is 1. The number of nitrogens with zero attached hydrogens (tertiary/aromatic N) is 5. The van der Waals surface area contributed by atoms with Crippen LogP contribution in [0, 0.1) is 11.3 Å². The lowest BCUT2D eigenvalue weighted by Gasteiger charge is -2.29. The number of anilines is 2. The van der Waals surface area contributed by atoms with Crippen molar-refractivity contribution in [1.29, 1.82) is 5.26 Å². The number of rotatable bonds is 1. The number of hydrogen-bond donors (Lipinski definition) is 1. The van der Waals surface area contributed by atoms with Gasteiger partial charge in [-0.1, -0.05) is 0 Å². The van der Waals surface area contributed by atoms with E-state index in [0.717, 1.165) is 24.6 Å². The van der Waals surface area contributed by atoms with E-state index in [1.54, 1.807) is 12.4 Å². The van der Waals surface area contributed by atoms with Crippen molar-refractivity contribution in [3.05, 3.63) is 35.9 Å². The minimum atomic E-state index is 0.513. The number of hydrogen-bond acceptors (Lipinski definition) is 5. The molecule has 0 spiro atoms. The summed E-state index contributed by atoms with van der Waals surface area (Å²) >= 11 is 0. The van der Waals surface area contributed by atoms with Gasteiger partial charge in [0, 0.05) is 18.8 Å². The Balaban J connectivity index is 1.89. The maximum absolute atomic E-state index is 8.86. The smallest absolute Gasteiger partial charge is 0.152 e. The molecule has 0 amide bonds. The monoisotopic (exact) mass is 240 g/mol. The topological polar surface area (TPSA) is 83.8 Å². The summed E-state index contributed by atoms with van der Waals surface area (Å²) in [4.78, 5) is 2.18. The Morgan fingerprint density at radius 2 is 2.22 bits per heavy atom. The lowest BCUT2D eigenvalue weighted by molar-refractivity contribution is 0.560. The van der Waals surface area contributed by atoms with E-state index < -0.39 is 0 Å². The first kappa shape index (κ1) is 10.6. The quantitative estimate of drug-likeness (QED) is 0.744. The van der Waals surface area contributed by atoms with Gasteiger partial charge in [-0.05, 0) is 18.2 Å². The van der Waals surface area contributed by atoms with E-state index in [-0.39, 0.29) is 0 Å². The van der Waals surface area contributed by atoms with E-state index in [0.29, 0.717) is 17.8 Å². The van der Waals surface area contributed by atoms with Crippen LogP contribution in [0.4, 0.5) is 11.4 Å². The van der Waals surface area contributed by atoms with E-state index in [1.165, 1.54) is 0 Å². The van der Waals surface area contributed by atoms with E-state index in [2.05, 4.69) is 21.2 Å². The molecule has 2 N–H and O–H groups in total. The predicted molar refractivity (Wildman–Crippen MR) is 66.6 cm³/mol. The summed E-state index contributed by atoms with van der Waals surface area (Å²) in [5.41, 5.74) is 7.87. The van der Waals surface area contributed by atoms with Crippen LogP contribution in [0.2, 0.25) is 0 Å². The van der Waals surface area contributed by atoms with Crippen molar-refractivity contribution < 1.29 is 0 Å². The SMILES string of the molecule is N#Cc1ccc(N2CCn3cnnc3C2)cc1N. The van der Waals surface area contributed by atoms with Gasteiger partial charge < -0.3 is 15.2 Å². The summed E-state index contributed by atoms with van der Waals surface area (Å²) < 4.78 is 2.05. The van der Waals surface area contributed by atoms with Crippen molar-refractivity contribution in [2.75, 3.05) is 17.2 Å². The number of fused-ring (bicyclic) bond motifs is 1. The average molecular weight is 240 g/mol. The van der Waals surface area contributed by atoms with Crippen molar-refractivity contribution >= 4 is 11.4 Å². The Hall–Kier alpha value is -2.55. The van der Waals surface area contributed by atoms with E-state index in [1.807, 2.05) is 16.7 Å². The van der Waals surface area contributed by atoms with Crippen LogP contribution in [0.25, 0.3) is 0 Å². The van der Waals surface area contributed by atoms with Crippen LogP contribution in [0.1, 0.15) is 11.4 Å². The van der Waals surface area contributed by atoms with Gasteiger partial charge in [-0.2, -0.15) is 5.26 Å². The summed E-state index contributed by atoms with van der Waals surface area (Å²) in [5.74, 6) is 0.948. The zero-order valence-electron chi connectivity index (χ0n) is 9.74. The van der Waals surface area contributed by atoms with Gasteiger partial charge in [-0.3, -0.25) is 0 Å². The van der Waals surface area contributed by atoms with Gasteiger partial charge in [0.2, 0.25) is 0 Å². The van der Waals surface area contributed by atoms with E-state index in [4.69, 9.17) is 11.0 Å². The zero-order chi connectivity index (χ0) is 12.5. The molecule has 2 aromatic rings. The Kier molecular flexibility index (Phi) is 2.38. The molecule has 0 radical (unpaired) electrons. The summed E-state index contributed by atoms with van der Waals surface area (Å²) in [6.45, 7) is 2.46. The van der Waals surface area contributed by atoms with Crippen LogP contribution in [-0.2, 0) is 13.1 Å². The van der Waals surface area contributed by atoms with Crippen LogP contribution in [-0.4, -0.2) is 21.3 Å². The summed E-state index contributed by atoms with van der Waals surface area (Å²) in [6, 6.07) is 7.58. The van der Waals surface area contributed by atoms with Gasteiger partial charge >= 0.3 is 0 Å². The van der Waals surface area contributed by atoms with Gasteiger partial charge in [-0.15, -0.1) is 10.2 Å². The highest BCUT2D eigenvalue weighted by molar-refractivity contribution is 5.63. The minimum Gasteiger partial charge on any atom is -0.398 e. The standard InChI is InChI=1S/C12H12N6/c13-6-9-1-2-10(5-11(9)14)17-3-4-18-8-15-16-12(18)7-17/h1-2,5,8H,3-4,7,14H2. The molecule has 6 nitrogen and oxygen atoms in total. The third-order valence-electron chi connectivity index (χ3n) is 3.16. The van der Waals surface area contributed by atoms with Crippen LogP contribution >= 0.6 is 0 Å². The van der Waals surface area contributed by atoms with E-state index in [9.17, 15) is 0 Å². The van der Waals surface area contributed by atoms with E-state index >= 15 is 0 Å². The number of nitrogen functional groups attached to an aromatic ring is 1. The zero-order valence-corrected chi connectivity index (χ0v) is 9.74. The first-order valence-corrected chi connectivity index (χ1v) is 5.69. The molecule has 0 bridgehead atoms. The molecule has 0 fully saturated rings. The average Bonchev–Trinajstić information content (AvgIpc) is 2.85.